The molecule has 88 heavy (non-hydrogen) atoms. The van der Waals surface area contributed by atoms with Gasteiger partial charge >= 0.3 is 0 Å². The van der Waals surface area contributed by atoms with E-state index in [2.05, 4.69) is 50.9 Å². The summed E-state index contributed by atoms with van der Waals surface area (Å²) < 4.78 is 13.9. The third-order valence-corrected chi connectivity index (χ3v) is 17.8. The normalized spacial score (nSPS) is 26.6. The molecule has 2 aromatic heterocycles. The number of piperazine rings is 2. The molecule has 30 nitrogen and oxygen atoms in total. The molecule has 30 heteroatoms. The van der Waals surface area contributed by atoms with Crippen LogP contribution in [0.1, 0.15) is 91.3 Å². The lowest BCUT2D eigenvalue weighted by Gasteiger charge is -2.39. The van der Waals surface area contributed by atoms with Crippen LogP contribution in [-0.2, 0) is 45.0 Å². The van der Waals surface area contributed by atoms with Crippen LogP contribution >= 0.6 is 0 Å². The highest BCUT2D eigenvalue weighted by molar-refractivity contribution is 6.33. The summed E-state index contributed by atoms with van der Waals surface area (Å²) in [5.74, 6) is -2.05. The van der Waals surface area contributed by atoms with Gasteiger partial charge in [0.25, 0.3) is 23.6 Å². The highest BCUT2D eigenvalue weighted by Gasteiger charge is 2.45. The first kappa shape index (κ1) is 64.6. The van der Waals surface area contributed by atoms with Gasteiger partial charge in [-0.1, -0.05) is 10.4 Å². The second-order valence-electron chi connectivity index (χ2n) is 23.7. The van der Waals surface area contributed by atoms with E-state index in [-0.39, 0.29) is 50.8 Å². The predicted molar refractivity (Wildman–Crippen MR) is 309 cm³/mol. The molecule has 0 bridgehead atoms. The van der Waals surface area contributed by atoms with Crippen LogP contribution in [-0.4, -0.2) is 315 Å². The molecule has 6 aliphatic heterocycles. The number of amides is 6. The number of nitrogens with one attached hydrogen (secondary N) is 2. The summed E-state index contributed by atoms with van der Waals surface area (Å²) in [5.41, 5.74) is 2.29. The number of nitrogens with zero attached hydrogens (tertiary/aromatic N) is 12. The molecule has 0 spiro atoms. The number of aliphatic hydroxyl groups excluding tert-OH is 8. The lowest BCUT2D eigenvalue weighted by Crippen LogP contribution is -2.59. The molecule has 4 fully saturated rings. The monoisotopic (exact) mass is 1230 g/mol. The van der Waals surface area contributed by atoms with Crippen molar-refractivity contribution in [3.8, 4) is 0 Å². The number of aliphatic hydroxyl groups is 8. The van der Waals surface area contributed by atoms with Crippen LogP contribution in [0.25, 0.3) is 10.8 Å². The smallest absolute Gasteiger partial charge is 0.261 e. The van der Waals surface area contributed by atoms with Gasteiger partial charge in [-0.2, -0.15) is 0 Å². The van der Waals surface area contributed by atoms with E-state index >= 15 is 0 Å². The Morgan fingerprint density at radius 2 is 0.773 bits per heavy atom. The first-order valence-electron chi connectivity index (χ1n) is 30.6. The summed E-state index contributed by atoms with van der Waals surface area (Å²) >= 11 is 0. The summed E-state index contributed by atoms with van der Waals surface area (Å²) in [4.78, 5) is 93.1. The molecule has 6 amide bonds. The third-order valence-electron chi connectivity index (χ3n) is 17.8. The van der Waals surface area contributed by atoms with E-state index in [0.29, 0.717) is 96.3 Å². The number of ether oxygens (including phenoxy) is 2. The Hall–Kier alpha value is -6.36. The van der Waals surface area contributed by atoms with Gasteiger partial charge in [-0.15, -0.1) is 10.2 Å². The van der Waals surface area contributed by atoms with Crippen molar-refractivity contribution in [3.05, 3.63) is 70.3 Å². The maximum Gasteiger partial charge on any atom is 0.261 e. The molecule has 10 atom stereocenters. The topological polar surface area (TPSA) is 388 Å². The average molecular weight is 1230 g/mol. The Bertz CT molecular complexity index is 2820. The maximum atomic E-state index is 14.0. The Balaban J connectivity index is 0.580. The molecule has 10 rings (SSSR count). The van der Waals surface area contributed by atoms with Crippen LogP contribution in [0, 0.1) is 0 Å². The molecule has 2 aromatic carbocycles. The molecule has 10 N–H and O–H groups in total. The fraction of sp³-hybridized carbons (Fsp3) is 0.655. The Morgan fingerprint density at radius 3 is 1.10 bits per heavy atom. The number of benzene rings is 2. The van der Waals surface area contributed by atoms with Crippen LogP contribution in [0.3, 0.4) is 0 Å². The van der Waals surface area contributed by atoms with Crippen molar-refractivity contribution in [2.24, 2.45) is 0 Å². The van der Waals surface area contributed by atoms with E-state index in [4.69, 9.17) is 9.47 Å². The minimum atomic E-state index is -1.48. The largest absolute Gasteiger partial charge is 0.394 e. The number of carbonyl (C=O) groups excluding carboxylic acids is 6. The molecule has 4 aromatic rings. The fourth-order valence-corrected chi connectivity index (χ4v) is 12.6. The van der Waals surface area contributed by atoms with Gasteiger partial charge in [-0.3, -0.25) is 38.6 Å². The number of aromatic nitrogens is 6. The molecular weight excluding hydrogens is 1150 g/mol. The molecule has 0 unspecified atom stereocenters. The van der Waals surface area contributed by atoms with Crippen LogP contribution in [0.2, 0.25) is 0 Å². The lowest BCUT2D eigenvalue weighted by molar-refractivity contribution is -0.232. The zero-order valence-corrected chi connectivity index (χ0v) is 49.2. The van der Waals surface area contributed by atoms with Gasteiger partial charge in [0.05, 0.1) is 37.7 Å². The second kappa shape index (κ2) is 29.5. The molecule has 0 aliphatic carbocycles. The minimum Gasteiger partial charge on any atom is -0.394 e. The minimum absolute atomic E-state index is 0.0254. The first-order valence-corrected chi connectivity index (χ1v) is 30.6. The van der Waals surface area contributed by atoms with Crippen molar-refractivity contribution in [1.82, 2.24) is 70.0 Å². The third kappa shape index (κ3) is 14.9. The van der Waals surface area contributed by atoms with E-state index in [1.807, 2.05) is 0 Å². The fourth-order valence-electron chi connectivity index (χ4n) is 12.6. The predicted octanol–water partition coefficient (Wildman–Crippen LogP) is -4.81. The van der Waals surface area contributed by atoms with Crippen LogP contribution in [0.4, 0.5) is 0 Å². The average Bonchev–Trinajstić information content (AvgIpc) is 0.850. The van der Waals surface area contributed by atoms with Crippen molar-refractivity contribution in [2.75, 3.05) is 118 Å². The lowest BCUT2D eigenvalue weighted by atomic mass is 9.86. The van der Waals surface area contributed by atoms with E-state index in [9.17, 15) is 69.6 Å². The number of hydrogen-bond donors (Lipinski definition) is 10. The van der Waals surface area contributed by atoms with E-state index in [1.165, 1.54) is 19.2 Å². The summed E-state index contributed by atoms with van der Waals surface area (Å²) in [6, 6.07) is 6.41. The van der Waals surface area contributed by atoms with Crippen molar-refractivity contribution in [1.29, 1.82) is 0 Å². The van der Waals surface area contributed by atoms with E-state index < -0.39 is 97.9 Å². The molecule has 0 saturated carbocycles. The molecule has 8 heterocycles. The van der Waals surface area contributed by atoms with Gasteiger partial charge < -0.3 is 80.6 Å². The van der Waals surface area contributed by atoms with Gasteiger partial charge in [0.15, 0.2) is 0 Å². The van der Waals surface area contributed by atoms with E-state index in [0.717, 1.165) is 78.3 Å². The van der Waals surface area contributed by atoms with Gasteiger partial charge in [-0.25, -0.2) is 9.36 Å². The van der Waals surface area contributed by atoms with Gasteiger partial charge in [0, 0.05) is 150 Å². The number of aryl methyl sites for hydroxylation is 2. The van der Waals surface area contributed by atoms with Crippen molar-refractivity contribution in [2.45, 2.75) is 125 Å². The van der Waals surface area contributed by atoms with Crippen molar-refractivity contribution < 1.29 is 79.1 Å². The highest BCUT2D eigenvalue weighted by atomic mass is 16.6. The van der Waals surface area contributed by atoms with E-state index in [1.54, 1.807) is 36.7 Å². The van der Waals surface area contributed by atoms with Crippen molar-refractivity contribution >= 4 is 46.2 Å². The Kier molecular flexibility index (Phi) is 21.7. The number of rotatable bonds is 28. The van der Waals surface area contributed by atoms with Gasteiger partial charge in [-0.05, 0) is 76.1 Å². The first-order chi connectivity index (χ1) is 42.5. The molecule has 4 saturated heterocycles. The summed E-state index contributed by atoms with van der Waals surface area (Å²) in [6.45, 7) is 10.0. The summed E-state index contributed by atoms with van der Waals surface area (Å²) in [5, 5.41) is 103. The molecule has 0 radical (unpaired) electrons. The van der Waals surface area contributed by atoms with Crippen LogP contribution in [0.5, 0.6) is 0 Å². The Morgan fingerprint density at radius 1 is 0.455 bits per heavy atom. The van der Waals surface area contributed by atoms with Gasteiger partial charge in [0.1, 0.15) is 61.0 Å². The van der Waals surface area contributed by atoms with Gasteiger partial charge in [0.2, 0.25) is 11.8 Å². The molecule has 480 valence electrons. The van der Waals surface area contributed by atoms with Crippen LogP contribution < -0.4 is 10.6 Å². The number of hydrogen-bond acceptors (Lipinski definition) is 24. The SMILES string of the molecule is O=C(CCc1cn(C[C@@H]2O[C@H](CO)[C@H](O)[C@H](O)[C@H]2O)nn1)NCCCN1CCN(CCCN2C(=O)c3ccc4c5c(ccc(c35)C2=O)C(=O)N(CCCN2CCN(CCCNC(=O)CCc3cn(C[C@@H]5O[C@H](CO)[C@H](O)[C@H](O)[C@H]5O)nn3)CC2)C4=O)CC1. The zero-order chi connectivity index (χ0) is 62.2. The number of imide groups is 2. The quantitative estimate of drug-likeness (QED) is 0.0188. The van der Waals surface area contributed by atoms with Crippen LogP contribution in [0.15, 0.2) is 36.7 Å². The maximum absolute atomic E-state index is 14.0. The highest BCUT2D eigenvalue weighted by Crippen LogP contribution is 2.38. The second-order valence-corrected chi connectivity index (χ2v) is 23.7. The van der Waals surface area contributed by atoms with Crippen molar-refractivity contribution in [3.63, 3.8) is 0 Å². The summed E-state index contributed by atoms with van der Waals surface area (Å²) in [7, 11) is 0. The molecule has 6 aliphatic rings. The summed E-state index contributed by atoms with van der Waals surface area (Å²) in [6.07, 6.45) is -5.56. The standard InChI is InChI=1S/C58H82N14O16/c73-33-43-51(79)53(81)49(77)41(87-43)31-69-29-35(61-63-69)5-11-45(75)59-13-1-15-65-21-25-67(26-22-65)17-3-19-71-55(83)37-7-9-39-48-40(10-8-38(47(37)48)56(71)84)58(86)72(57(39)85)20-4-18-68-27-23-66(24-28-68)16-2-14-60-46(76)12-6-36-30-70(64-62-36)32-42-50(78)54(82)52(80)44(34-74)88-42/h7-10,29-30,41-44,49-54,73-74,77-82H,1-6,11-28,31-34H2,(H,59,75)(H,60,76)/t41-,42-,43+,44+,49-,50-,51-,52-,53+,54+/m0/s1. The zero-order valence-electron chi connectivity index (χ0n) is 49.2. The molecular formula is C58H82N14O16. The Labute approximate surface area is 507 Å². The number of carbonyl (C=O) groups is 6.